The van der Waals surface area contributed by atoms with Crippen molar-refractivity contribution >= 4 is 46.2 Å². The maximum atomic E-state index is 11.6. The highest BCUT2D eigenvalue weighted by Gasteiger charge is 2.06. The first-order chi connectivity index (χ1) is 13.3. The van der Waals surface area contributed by atoms with Gasteiger partial charge in [0.05, 0.1) is 5.71 Å². The van der Waals surface area contributed by atoms with Crippen LogP contribution >= 0.6 is 23.8 Å². The Morgan fingerprint density at radius 1 is 1.21 bits per heavy atom. The Balaban J connectivity index is 1.92. The van der Waals surface area contributed by atoms with Crippen molar-refractivity contribution in [3.63, 3.8) is 0 Å². The van der Waals surface area contributed by atoms with E-state index in [0.717, 1.165) is 22.5 Å². The molecule has 28 heavy (non-hydrogen) atoms. The molecule has 0 unspecified atom stereocenters. The number of rotatable bonds is 6. The topological polar surface area (TPSA) is 66.0 Å². The predicted octanol–water partition coefficient (Wildman–Crippen LogP) is 3.83. The van der Waals surface area contributed by atoms with Gasteiger partial charge in [-0.1, -0.05) is 17.7 Å². The smallest absolute Gasteiger partial charge is 0.259 e. The Morgan fingerprint density at radius 3 is 2.54 bits per heavy atom. The lowest BCUT2D eigenvalue weighted by atomic mass is 10.1. The zero-order valence-electron chi connectivity index (χ0n) is 16.2. The summed E-state index contributed by atoms with van der Waals surface area (Å²) >= 11 is 11.4. The van der Waals surface area contributed by atoms with Crippen molar-refractivity contribution in [3.05, 3.63) is 58.6 Å². The number of carbonyl (C=O) groups is 1. The molecule has 2 aromatic rings. The fraction of sp³-hybridized carbons (Fsp3) is 0.250. The molecule has 0 saturated heterocycles. The van der Waals surface area contributed by atoms with Gasteiger partial charge in [-0.2, -0.15) is 5.10 Å². The molecule has 0 saturated carbocycles. The lowest BCUT2D eigenvalue weighted by molar-refractivity contribution is -0.130. The van der Waals surface area contributed by atoms with Gasteiger partial charge in [0.25, 0.3) is 5.91 Å². The van der Waals surface area contributed by atoms with Crippen LogP contribution in [0.2, 0.25) is 5.02 Å². The molecule has 0 heterocycles. The van der Waals surface area contributed by atoms with Gasteiger partial charge in [-0.25, -0.2) is 0 Å². The van der Waals surface area contributed by atoms with Crippen LogP contribution in [0.3, 0.4) is 0 Å². The molecule has 0 fully saturated rings. The molecule has 0 atom stereocenters. The molecule has 1 amide bonds. The molecule has 2 rings (SSSR count). The van der Waals surface area contributed by atoms with Crippen molar-refractivity contribution in [2.45, 2.75) is 13.8 Å². The van der Waals surface area contributed by atoms with E-state index in [4.69, 9.17) is 28.6 Å². The average molecular weight is 419 g/mol. The summed E-state index contributed by atoms with van der Waals surface area (Å²) in [5.41, 5.74) is 6.22. The summed E-state index contributed by atoms with van der Waals surface area (Å²) in [5, 5.41) is 8.41. The van der Waals surface area contributed by atoms with Gasteiger partial charge in [0, 0.05) is 24.8 Å². The highest BCUT2D eigenvalue weighted by molar-refractivity contribution is 7.80. The number of thiocarbonyl (C=S) groups is 1. The van der Waals surface area contributed by atoms with Crippen molar-refractivity contribution in [1.29, 1.82) is 0 Å². The van der Waals surface area contributed by atoms with E-state index in [9.17, 15) is 4.79 Å². The van der Waals surface area contributed by atoms with Crippen molar-refractivity contribution in [1.82, 2.24) is 10.3 Å². The van der Waals surface area contributed by atoms with Gasteiger partial charge in [0.1, 0.15) is 5.75 Å². The molecule has 0 aliphatic heterocycles. The Morgan fingerprint density at radius 2 is 1.89 bits per heavy atom. The second kappa shape index (κ2) is 10.1. The molecule has 0 aliphatic carbocycles. The number of hydrogen-bond acceptors (Lipinski definition) is 4. The summed E-state index contributed by atoms with van der Waals surface area (Å²) in [6, 6.07) is 12.9. The summed E-state index contributed by atoms with van der Waals surface area (Å²) in [5.74, 6) is 0.523. The van der Waals surface area contributed by atoms with Crippen LogP contribution in [0.5, 0.6) is 5.75 Å². The molecular formula is C20H23ClN4O2S. The summed E-state index contributed by atoms with van der Waals surface area (Å²) in [7, 11) is 3.38. The van der Waals surface area contributed by atoms with Crippen LogP contribution in [-0.4, -0.2) is 42.3 Å². The number of likely N-dealkylation sites (N-methyl/N-ethyl adjacent to an activating group) is 1. The Kier molecular flexibility index (Phi) is 7.78. The molecule has 0 radical (unpaired) electrons. The van der Waals surface area contributed by atoms with Crippen LogP contribution in [0, 0.1) is 6.92 Å². The van der Waals surface area contributed by atoms with E-state index < -0.39 is 0 Å². The van der Waals surface area contributed by atoms with Gasteiger partial charge >= 0.3 is 0 Å². The van der Waals surface area contributed by atoms with E-state index in [2.05, 4.69) is 15.8 Å². The van der Waals surface area contributed by atoms with E-state index in [0.29, 0.717) is 15.9 Å². The molecule has 8 heteroatoms. The first kappa shape index (κ1) is 21.7. The number of nitrogens with one attached hydrogen (secondary N) is 2. The number of halogens is 1. The number of ether oxygens (including phenoxy) is 1. The first-order valence-corrected chi connectivity index (χ1v) is 9.36. The van der Waals surface area contributed by atoms with Crippen LogP contribution in [0.4, 0.5) is 5.69 Å². The molecule has 6 nitrogen and oxygen atoms in total. The fourth-order valence-electron chi connectivity index (χ4n) is 2.16. The predicted molar refractivity (Wildman–Crippen MR) is 118 cm³/mol. The lowest BCUT2D eigenvalue weighted by Gasteiger charge is -2.12. The Labute approximate surface area is 175 Å². The van der Waals surface area contributed by atoms with Gasteiger partial charge in [-0.15, -0.1) is 0 Å². The summed E-state index contributed by atoms with van der Waals surface area (Å²) < 4.78 is 5.46. The highest BCUT2D eigenvalue weighted by atomic mass is 35.5. The van der Waals surface area contributed by atoms with E-state index in [1.165, 1.54) is 4.90 Å². The number of benzene rings is 2. The van der Waals surface area contributed by atoms with E-state index in [-0.39, 0.29) is 12.5 Å². The van der Waals surface area contributed by atoms with Gasteiger partial charge in [0.2, 0.25) is 0 Å². The molecule has 0 bridgehead atoms. The number of hydrazone groups is 1. The molecular weight excluding hydrogens is 396 g/mol. The SMILES string of the molecule is C/C(=N\NC(=S)Nc1cccc(Cl)c1C)c1ccc(OCC(=O)N(C)C)cc1. The van der Waals surface area contributed by atoms with Crippen LogP contribution in [-0.2, 0) is 4.79 Å². The number of hydrogen-bond donors (Lipinski definition) is 2. The van der Waals surface area contributed by atoms with E-state index >= 15 is 0 Å². The normalized spacial score (nSPS) is 11.0. The van der Waals surface area contributed by atoms with Crippen molar-refractivity contribution < 1.29 is 9.53 Å². The number of nitrogens with zero attached hydrogens (tertiary/aromatic N) is 2. The Bertz CT molecular complexity index is 882. The fourth-order valence-corrected chi connectivity index (χ4v) is 2.49. The number of anilines is 1. The van der Waals surface area contributed by atoms with Gasteiger partial charge in [-0.05, 0) is 73.6 Å². The largest absolute Gasteiger partial charge is 0.484 e. The molecule has 0 spiro atoms. The summed E-state index contributed by atoms with van der Waals surface area (Å²) in [6.45, 7) is 3.78. The van der Waals surface area contributed by atoms with Crippen molar-refractivity contribution in [2.24, 2.45) is 5.10 Å². The minimum Gasteiger partial charge on any atom is -0.484 e. The standard InChI is InChI=1S/C20H23ClN4O2S/c1-13-17(21)6-5-7-18(13)22-20(28)24-23-14(2)15-8-10-16(11-9-15)27-12-19(26)25(3)4/h5-11H,12H2,1-4H3,(H2,22,24,28)/b23-14+. The van der Waals surface area contributed by atoms with Crippen molar-refractivity contribution in [2.75, 3.05) is 26.0 Å². The molecule has 0 aromatic heterocycles. The zero-order valence-corrected chi connectivity index (χ0v) is 17.8. The molecule has 148 valence electrons. The van der Waals surface area contributed by atoms with Crippen LogP contribution in [0.1, 0.15) is 18.1 Å². The van der Waals surface area contributed by atoms with Crippen LogP contribution in [0.15, 0.2) is 47.6 Å². The third-order valence-corrected chi connectivity index (χ3v) is 4.58. The lowest BCUT2D eigenvalue weighted by Crippen LogP contribution is -2.27. The quantitative estimate of drug-likeness (QED) is 0.424. The minimum absolute atomic E-state index is 0.00380. The zero-order chi connectivity index (χ0) is 20.7. The van der Waals surface area contributed by atoms with Crippen molar-refractivity contribution in [3.8, 4) is 5.75 Å². The minimum atomic E-state index is -0.0954. The third-order valence-electron chi connectivity index (χ3n) is 3.97. The van der Waals surface area contributed by atoms with Crippen LogP contribution < -0.4 is 15.5 Å². The first-order valence-electron chi connectivity index (χ1n) is 8.57. The summed E-state index contributed by atoms with van der Waals surface area (Å²) in [4.78, 5) is 13.0. The van der Waals surface area contributed by atoms with Crippen LogP contribution in [0.25, 0.3) is 0 Å². The highest BCUT2D eigenvalue weighted by Crippen LogP contribution is 2.22. The summed E-state index contributed by atoms with van der Waals surface area (Å²) in [6.07, 6.45) is 0. The van der Waals surface area contributed by atoms with E-state index in [1.807, 2.05) is 44.2 Å². The molecule has 0 aliphatic rings. The van der Waals surface area contributed by atoms with Gasteiger partial charge in [0.15, 0.2) is 11.7 Å². The Hall–Kier alpha value is -2.64. The van der Waals surface area contributed by atoms with E-state index in [1.54, 1.807) is 26.2 Å². The maximum absolute atomic E-state index is 11.6. The molecule has 2 N–H and O–H groups in total. The number of carbonyl (C=O) groups excluding carboxylic acids is 1. The average Bonchev–Trinajstić information content (AvgIpc) is 2.68. The van der Waals surface area contributed by atoms with Gasteiger partial charge < -0.3 is 15.0 Å². The number of amides is 1. The second-order valence-corrected chi connectivity index (χ2v) is 7.09. The second-order valence-electron chi connectivity index (χ2n) is 6.28. The third kappa shape index (κ3) is 6.21. The van der Waals surface area contributed by atoms with Gasteiger partial charge in [-0.3, -0.25) is 10.2 Å². The molecule has 2 aromatic carbocycles. The monoisotopic (exact) mass is 418 g/mol. The maximum Gasteiger partial charge on any atom is 0.259 e.